The first-order valence-corrected chi connectivity index (χ1v) is 9.11. The van der Waals surface area contributed by atoms with Crippen molar-refractivity contribution in [2.75, 3.05) is 18.0 Å². The monoisotopic (exact) mass is 350 g/mol. The second-order valence-electron chi connectivity index (χ2n) is 7.42. The lowest BCUT2D eigenvalue weighted by Gasteiger charge is -2.27. The fourth-order valence-electron chi connectivity index (χ4n) is 3.91. The van der Waals surface area contributed by atoms with E-state index < -0.39 is 0 Å². The van der Waals surface area contributed by atoms with Gasteiger partial charge in [-0.15, -0.1) is 10.2 Å². The highest BCUT2D eigenvalue weighted by molar-refractivity contribution is 5.65. The highest BCUT2D eigenvalue weighted by atomic mass is 15.4. The van der Waals surface area contributed by atoms with Gasteiger partial charge < -0.3 is 4.90 Å². The topological polar surface area (TPSA) is 77.0 Å². The van der Waals surface area contributed by atoms with Gasteiger partial charge in [0, 0.05) is 26.3 Å². The Bertz CT molecular complexity index is 963. The van der Waals surface area contributed by atoms with E-state index in [2.05, 4.69) is 25.1 Å². The summed E-state index contributed by atoms with van der Waals surface area (Å²) in [4.78, 5) is 15.9. The predicted molar refractivity (Wildman–Crippen MR) is 98.6 cm³/mol. The molecule has 0 N–H and O–H groups in total. The predicted octanol–water partition coefficient (Wildman–Crippen LogP) is 1.89. The van der Waals surface area contributed by atoms with E-state index in [1.54, 1.807) is 0 Å². The van der Waals surface area contributed by atoms with Crippen molar-refractivity contribution in [2.45, 2.75) is 26.7 Å². The van der Waals surface area contributed by atoms with Crippen molar-refractivity contribution in [3.05, 3.63) is 29.2 Å². The van der Waals surface area contributed by atoms with E-state index in [9.17, 15) is 0 Å². The summed E-state index contributed by atoms with van der Waals surface area (Å²) in [6.07, 6.45) is 8.33. The molecule has 8 heteroatoms. The lowest BCUT2D eigenvalue weighted by Crippen LogP contribution is -2.22. The second-order valence-corrected chi connectivity index (χ2v) is 7.42. The van der Waals surface area contributed by atoms with Gasteiger partial charge in [0.15, 0.2) is 17.3 Å². The molecular weight excluding hydrogens is 328 g/mol. The van der Waals surface area contributed by atoms with Crippen LogP contribution < -0.4 is 4.90 Å². The number of anilines is 1. The van der Waals surface area contributed by atoms with Crippen LogP contribution >= 0.6 is 0 Å². The Labute approximate surface area is 151 Å². The van der Waals surface area contributed by atoms with E-state index in [0.29, 0.717) is 5.82 Å². The van der Waals surface area contributed by atoms with Gasteiger partial charge in [-0.2, -0.15) is 4.98 Å². The minimum absolute atomic E-state index is 0.646. The fourth-order valence-corrected chi connectivity index (χ4v) is 3.91. The van der Waals surface area contributed by atoms with Crippen LogP contribution in [0, 0.1) is 25.7 Å². The Balaban J connectivity index is 1.41. The van der Waals surface area contributed by atoms with Crippen molar-refractivity contribution in [1.29, 1.82) is 0 Å². The number of aryl methyl sites for hydroxylation is 3. The summed E-state index contributed by atoms with van der Waals surface area (Å²) in [7, 11) is 1.93. The number of rotatable bonds is 3. The van der Waals surface area contributed by atoms with E-state index in [1.807, 2.05) is 48.4 Å². The summed E-state index contributed by atoms with van der Waals surface area (Å²) < 4.78 is 3.64. The van der Waals surface area contributed by atoms with Gasteiger partial charge in [0.05, 0.1) is 11.4 Å². The van der Waals surface area contributed by atoms with Crippen LogP contribution in [0.3, 0.4) is 0 Å². The summed E-state index contributed by atoms with van der Waals surface area (Å²) in [5.41, 5.74) is 2.62. The molecule has 0 amide bonds. The third kappa shape index (κ3) is 2.40. The maximum absolute atomic E-state index is 4.71. The molecule has 0 spiro atoms. The molecule has 8 nitrogen and oxygen atoms in total. The minimum Gasteiger partial charge on any atom is -0.339 e. The van der Waals surface area contributed by atoms with Gasteiger partial charge in [-0.05, 0) is 50.7 Å². The van der Waals surface area contributed by atoms with Crippen LogP contribution in [0.4, 0.5) is 5.95 Å². The molecule has 1 aliphatic heterocycles. The summed E-state index contributed by atoms with van der Waals surface area (Å²) in [6, 6.07) is 0. The summed E-state index contributed by atoms with van der Waals surface area (Å²) in [6.45, 7) is 6.10. The third-order valence-corrected chi connectivity index (χ3v) is 5.66. The van der Waals surface area contributed by atoms with Gasteiger partial charge in [0.25, 0.3) is 0 Å². The highest BCUT2D eigenvalue weighted by Gasteiger charge is 2.40. The van der Waals surface area contributed by atoms with Crippen LogP contribution in [-0.2, 0) is 7.05 Å². The van der Waals surface area contributed by atoms with Crippen molar-refractivity contribution in [1.82, 2.24) is 34.3 Å². The zero-order valence-corrected chi connectivity index (χ0v) is 15.3. The van der Waals surface area contributed by atoms with Gasteiger partial charge in [-0.25, -0.2) is 14.2 Å². The van der Waals surface area contributed by atoms with Crippen LogP contribution in [0.15, 0.2) is 6.20 Å². The number of nitrogens with zero attached hydrogens (tertiary/aromatic N) is 8. The van der Waals surface area contributed by atoms with Crippen molar-refractivity contribution < 1.29 is 0 Å². The minimum atomic E-state index is 0.646. The van der Waals surface area contributed by atoms with E-state index >= 15 is 0 Å². The number of fused-ring (bicyclic) bond motifs is 2. The van der Waals surface area contributed by atoms with E-state index in [-0.39, 0.29) is 0 Å². The van der Waals surface area contributed by atoms with Crippen LogP contribution in [-0.4, -0.2) is 47.4 Å². The van der Waals surface area contributed by atoms with Crippen molar-refractivity contribution in [3.63, 3.8) is 0 Å². The first kappa shape index (κ1) is 15.5. The number of aromatic nitrogens is 7. The van der Waals surface area contributed by atoms with Gasteiger partial charge >= 0.3 is 0 Å². The van der Waals surface area contributed by atoms with Gasteiger partial charge in [-0.3, -0.25) is 4.98 Å². The second kappa shape index (κ2) is 5.62. The first-order valence-electron chi connectivity index (χ1n) is 9.11. The van der Waals surface area contributed by atoms with E-state index in [1.165, 1.54) is 12.8 Å². The SMILES string of the molecule is Cc1ncc(C)n2nc(C=Cc3nc(N4CC5CCC5C4)nn3C)nc12. The Morgan fingerprint density at radius 2 is 1.81 bits per heavy atom. The smallest absolute Gasteiger partial charge is 0.245 e. The third-order valence-electron chi connectivity index (χ3n) is 5.66. The molecule has 3 aromatic heterocycles. The molecule has 134 valence electrons. The van der Waals surface area contributed by atoms with Crippen molar-refractivity contribution >= 4 is 23.7 Å². The fraction of sp³-hybridized carbons (Fsp3) is 0.500. The van der Waals surface area contributed by atoms with Gasteiger partial charge in [0.2, 0.25) is 5.95 Å². The average molecular weight is 350 g/mol. The van der Waals surface area contributed by atoms with Crippen molar-refractivity contribution in [2.24, 2.45) is 18.9 Å². The molecule has 0 aromatic carbocycles. The molecule has 4 heterocycles. The molecule has 1 aliphatic carbocycles. The largest absolute Gasteiger partial charge is 0.339 e. The first-order chi connectivity index (χ1) is 12.6. The lowest BCUT2D eigenvalue weighted by molar-refractivity contribution is 0.243. The average Bonchev–Trinajstić information content (AvgIpc) is 3.27. The summed E-state index contributed by atoms with van der Waals surface area (Å²) >= 11 is 0. The van der Waals surface area contributed by atoms with Crippen LogP contribution in [0.1, 0.15) is 35.9 Å². The molecule has 5 rings (SSSR count). The molecule has 2 fully saturated rings. The lowest BCUT2D eigenvalue weighted by atomic mass is 9.77. The quantitative estimate of drug-likeness (QED) is 0.718. The van der Waals surface area contributed by atoms with Crippen molar-refractivity contribution in [3.8, 4) is 0 Å². The molecule has 2 unspecified atom stereocenters. The molecule has 3 aromatic rings. The molecule has 0 bridgehead atoms. The molecular formula is C18H22N8. The molecule has 2 atom stereocenters. The van der Waals surface area contributed by atoms with Crippen LogP contribution in [0.5, 0.6) is 0 Å². The Morgan fingerprint density at radius 1 is 1.04 bits per heavy atom. The summed E-state index contributed by atoms with van der Waals surface area (Å²) in [5.74, 6) is 3.98. The van der Waals surface area contributed by atoms with E-state index in [4.69, 9.17) is 4.98 Å². The van der Waals surface area contributed by atoms with Gasteiger partial charge in [-0.1, -0.05) is 0 Å². The number of hydrogen-bond acceptors (Lipinski definition) is 6. The van der Waals surface area contributed by atoms with E-state index in [0.717, 1.165) is 53.7 Å². The maximum atomic E-state index is 4.71. The Kier molecular flexibility index (Phi) is 3.35. The normalized spacial score (nSPS) is 22.3. The number of hydrogen-bond donors (Lipinski definition) is 0. The molecule has 1 saturated carbocycles. The Morgan fingerprint density at radius 3 is 2.50 bits per heavy atom. The standard InChI is InChI=1S/C18H22N8/c1-11-8-19-12(2)17-20-15(22-26(11)17)6-7-16-21-18(23-24(16)3)25-9-13-4-5-14(13)10-25/h6-8,13-14H,4-5,9-10H2,1-3H3. The zero-order valence-electron chi connectivity index (χ0n) is 15.3. The molecule has 1 saturated heterocycles. The van der Waals surface area contributed by atoms with Crippen LogP contribution in [0.25, 0.3) is 17.8 Å². The molecule has 0 radical (unpaired) electrons. The molecule has 26 heavy (non-hydrogen) atoms. The zero-order chi connectivity index (χ0) is 17.8. The maximum Gasteiger partial charge on any atom is 0.245 e. The van der Waals surface area contributed by atoms with Gasteiger partial charge in [0.1, 0.15) is 0 Å². The molecule has 2 aliphatic rings. The summed E-state index contributed by atoms with van der Waals surface area (Å²) in [5, 5.41) is 9.14. The Hall–Kier alpha value is -2.77. The highest BCUT2D eigenvalue weighted by Crippen LogP contribution is 2.41. The van der Waals surface area contributed by atoms with Crippen LogP contribution in [0.2, 0.25) is 0 Å².